The molecule has 1 fully saturated rings. The summed E-state index contributed by atoms with van der Waals surface area (Å²) in [4.78, 5) is 14.6. The summed E-state index contributed by atoms with van der Waals surface area (Å²) in [5.74, 6) is -0.421. The maximum absolute atomic E-state index is 12.5. The molecule has 1 N–H and O–H groups in total. The number of halogens is 4. The molecule has 2 aromatic rings. The van der Waals surface area contributed by atoms with Gasteiger partial charge in [-0.3, -0.25) is 4.79 Å². The lowest BCUT2D eigenvalue weighted by Gasteiger charge is -2.31. The van der Waals surface area contributed by atoms with Crippen molar-refractivity contribution in [2.45, 2.75) is 10.4 Å². The van der Waals surface area contributed by atoms with Gasteiger partial charge < -0.3 is 15.0 Å². The van der Waals surface area contributed by atoms with Gasteiger partial charge in [0.2, 0.25) is 0 Å². The largest absolute Gasteiger partial charge is 0.446 e. The number of alkyl halides is 3. The van der Waals surface area contributed by atoms with Crippen LogP contribution in [-0.2, 0) is 4.74 Å². The molecule has 9 heteroatoms. The Morgan fingerprint density at radius 2 is 1.78 bits per heavy atom. The molecular formula is C18H16ClF3N2O2S. The van der Waals surface area contributed by atoms with Crippen LogP contribution in [0.3, 0.4) is 0 Å². The van der Waals surface area contributed by atoms with E-state index < -0.39 is 11.4 Å². The van der Waals surface area contributed by atoms with Gasteiger partial charge in [-0.05, 0) is 48.2 Å². The van der Waals surface area contributed by atoms with Crippen LogP contribution in [0.25, 0.3) is 0 Å². The summed E-state index contributed by atoms with van der Waals surface area (Å²) in [6.45, 7) is 2.43. The fourth-order valence-corrected chi connectivity index (χ4v) is 3.56. The summed E-state index contributed by atoms with van der Waals surface area (Å²) >= 11 is 6.11. The number of nitrogens with one attached hydrogen (secondary N) is 1. The van der Waals surface area contributed by atoms with Crippen LogP contribution in [0, 0.1) is 0 Å². The lowest BCUT2D eigenvalue weighted by atomic mass is 10.2. The van der Waals surface area contributed by atoms with Crippen molar-refractivity contribution in [2.24, 2.45) is 0 Å². The second kappa shape index (κ2) is 8.41. The molecule has 1 aliphatic heterocycles. The van der Waals surface area contributed by atoms with Gasteiger partial charge in [0, 0.05) is 23.5 Å². The maximum Gasteiger partial charge on any atom is 0.446 e. The number of nitrogens with zero attached hydrogens (tertiary/aromatic N) is 1. The van der Waals surface area contributed by atoms with Crippen LogP contribution >= 0.6 is 23.4 Å². The number of carbonyl (C=O) groups excluding carboxylic acids is 1. The molecule has 0 atom stereocenters. The predicted molar refractivity (Wildman–Crippen MR) is 101 cm³/mol. The smallest absolute Gasteiger partial charge is 0.378 e. The fourth-order valence-electron chi connectivity index (χ4n) is 2.73. The number of anilines is 2. The standard InChI is InChI=1S/C18H16ClF3N2O2S/c19-14-2-1-3-15(16(14)24-8-10-26-11-9-24)23-17(25)12-4-6-13(7-5-12)27-18(20,21)22/h1-7H,8-11H2,(H,23,25). The molecular weight excluding hydrogens is 401 g/mol. The zero-order valence-electron chi connectivity index (χ0n) is 14.1. The Hall–Kier alpha value is -1.90. The van der Waals surface area contributed by atoms with Gasteiger partial charge in [0.1, 0.15) is 0 Å². The molecule has 0 radical (unpaired) electrons. The number of amides is 1. The van der Waals surface area contributed by atoms with Crippen molar-refractivity contribution < 1.29 is 22.7 Å². The van der Waals surface area contributed by atoms with Crippen LogP contribution in [0.4, 0.5) is 24.5 Å². The van der Waals surface area contributed by atoms with Gasteiger partial charge in [-0.2, -0.15) is 13.2 Å². The molecule has 0 spiro atoms. The summed E-state index contributed by atoms with van der Waals surface area (Å²) in [7, 11) is 0. The Morgan fingerprint density at radius 3 is 2.41 bits per heavy atom. The Kier molecular flexibility index (Phi) is 6.18. The highest BCUT2D eigenvalue weighted by molar-refractivity contribution is 8.00. The highest BCUT2D eigenvalue weighted by atomic mass is 35.5. The molecule has 2 aromatic carbocycles. The van der Waals surface area contributed by atoms with Crippen LogP contribution in [0.2, 0.25) is 5.02 Å². The highest BCUT2D eigenvalue weighted by Crippen LogP contribution is 2.37. The van der Waals surface area contributed by atoms with E-state index in [9.17, 15) is 18.0 Å². The summed E-state index contributed by atoms with van der Waals surface area (Å²) < 4.78 is 42.6. The van der Waals surface area contributed by atoms with Crippen molar-refractivity contribution in [1.29, 1.82) is 0 Å². The van der Waals surface area contributed by atoms with Gasteiger partial charge in [-0.25, -0.2) is 0 Å². The number of morpholine rings is 1. The number of rotatable bonds is 4. The first-order valence-corrected chi connectivity index (χ1v) is 9.31. The minimum absolute atomic E-state index is 0.0239. The van der Waals surface area contributed by atoms with E-state index in [1.807, 2.05) is 4.90 Å². The fraction of sp³-hybridized carbons (Fsp3) is 0.278. The first-order valence-electron chi connectivity index (χ1n) is 8.12. The highest BCUT2D eigenvalue weighted by Gasteiger charge is 2.29. The molecule has 4 nitrogen and oxygen atoms in total. The maximum atomic E-state index is 12.5. The minimum Gasteiger partial charge on any atom is -0.378 e. The number of hydrogen-bond donors (Lipinski definition) is 1. The van der Waals surface area contributed by atoms with Crippen molar-refractivity contribution in [3.8, 4) is 0 Å². The molecule has 27 heavy (non-hydrogen) atoms. The molecule has 0 aromatic heterocycles. The first-order chi connectivity index (χ1) is 12.8. The number of thioether (sulfide) groups is 1. The van der Waals surface area contributed by atoms with Crippen LogP contribution in [0.5, 0.6) is 0 Å². The second-order valence-electron chi connectivity index (χ2n) is 5.76. The third kappa shape index (κ3) is 5.31. The third-order valence-corrected chi connectivity index (χ3v) is 4.96. The number of para-hydroxylation sites is 1. The van der Waals surface area contributed by atoms with Crippen molar-refractivity contribution in [3.05, 3.63) is 53.1 Å². The van der Waals surface area contributed by atoms with Gasteiger partial charge >= 0.3 is 5.51 Å². The molecule has 1 aliphatic rings. The molecule has 0 bridgehead atoms. The van der Waals surface area contributed by atoms with Crippen LogP contribution in [0.1, 0.15) is 10.4 Å². The molecule has 1 saturated heterocycles. The van der Waals surface area contributed by atoms with Gasteiger partial charge in [0.25, 0.3) is 5.91 Å². The average Bonchev–Trinajstić information content (AvgIpc) is 2.62. The quantitative estimate of drug-likeness (QED) is 0.709. The Labute approximate surface area is 163 Å². The Bertz CT molecular complexity index is 809. The lowest BCUT2D eigenvalue weighted by molar-refractivity contribution is -0.0328. The first kappa shape index (κ1) is 19.9. The third-order valence-electron chi connectivity index (χ3n) is 3.91. The molecule has 1 amide bonds. The summed E-state index contributed by atoms with van der Waals surface area (Å²) in [6.07, 6.45) is 0. The number of hydrogen-bond acceptors (Lipinski definition) is 4. The molecule has 0 aliphatic carbocycles. The van der Waals surface area contributed by atoms with Gasteiger partial charge in [0.15, 0.2) is 0 Å². The lowest BCUT2D eigenvalue weighted by Crippen LogP contribution is -2.37. The van der Waals surface area contributed by atoms with E-state index in [1.165, 1.54) is 24.3 Å². The van der Waals surface area contributed by atoms with Gasteiger partial charge in [0.05, 0.1) is 29.6 Å². The van der Waals surface area contributed by atoms with E-state index in [1.54, 1.807) is 18.2 Å². The Morgan fingerprint density at radius 1 is 1.11 bits per heavy atom. The summed E-state index contributed by atoms with van der Waals surface area (Å²) in [5.41, 5.74) is -2.85. The van der Waals surface area contributed by atoms with Crippen LogP contribution in [-0.4, -0.2) is 37.7 Å². The van der Waals surface area contributed by atoms with Gasteiger partial charge in [-0.15, -0.1) is 0 Å². The van der Waals surface area contributed by atoms with Gasteiger partial charge in [-0.1, -0.05) is 17.7 Å². The molecule has 1 heterocycles. The molecule has 0 unspecified atom stereocenters. The van der Waals surface area contributed by atoms with E-state index >= 15 is 0 Å². The normalized spacial score (nSPS) is 14.9. The molecule has 144 valence electrons. The monoisotopic (exact) mass is 416 g/mol. The number of carbonyl (C=O) groups is 1. The second-order valence-corrected chi connectivity index (χ2v) is 7.31. The van der Waals surface area contributed by atoms with Crippen molar-refractivity contribution >= 4 is 40.6 Å². The van der Waals surface area contributed by atoms with E-state index in [0.717, 1.165) is 0 Å². The summed E-state index contributed by atoms with van der Waals surface area (Å²) in [5, 5.41) is 3.30. The van der Waals surface area contributed by atoms with E-state index in [0.29, 0.717) is 42.7 Å². The van der Waals surface area contributed by atoms with E-state index in [-0.39, 0.29) is 22.2 Å². The summed E-state index contributed by atoms with van der Waals surface area (Å²) in [6, 6.07) is 10.5. The number of benzene rings is 2. The van der Waals surface area contributed by atoms with Crippen LogP contribution in [0.15, 0.2) is 47.4 Å². The number of ether oxygens (including phenoxy) is 1. The SMILES string of the molecule is O=C(Nc1cccc(Cl)c1N1CCOCC1)c1ccc(SC(F)(F)F)cc1. The zero-order valence-corrected chi connectivity index (χ0v) is 15.6. The predicted octanol–water partition coefficient (Wildman–Crippen LogP) is 5.04. The molecule has 0 saturated carbocycles. The molecule has 3 rings (SSSR count). The Balaban J connectivity index is 1.77. The van der Waals surface area contributed by atoms with Crippen molar-refractivity contribution in [3.63, 3.8) is 0 Å². The van der Waals surface area contributed by atoms with E-state index in [2.05, 4.69) is 5.32 Å². The minimum atomic E-state index is -4.36. The topological polar surface area (TPSA) is 41.6 Å². The van der Waals surface area contributed by atoms with E-state index in [4.69, 9.17) is 16.3 Å². The average molecular weight is 417 g/mol. The van der Waals surface area contributed by atoms with Crippen molar-refractivity contribution in [2.75, 3.05) is 36.5 Å². The zero-order chi connectivity index (χ0) is 19.4. The van der Waals surface area contributed by atoms with Crippen molar-refractivity contribution in [1.82, 2.24) is 0 Å². The van der Waals surface area contributed by atoms with Crippen LogP contribution < -0.4 is 10.2 Å².